The van der Waals surface area contributed by atoms with Crippen molar-refractivity contribution in [3.05, 3.63) is 34.6 Å². The Labute approximate surface area is 86.6 Å². The monoisotopic (exact) mass is 216 g/mol. The van der Waals surface area contributed by atoms with Crippen molar-refractivity contribution >= 4 is 17.4 Å². The van der Waals surface area contributed by atoms with Gasteiger partial charge in [0.2, 0.25) is 0 Å². The number of ether oxygens (including phenoxy) is 1. The lowest BCUT2D eigenvalue weighted by Gasteiger charge is -2.08. The summed E-state index contributed by atoms with van der Waals surface area (Å²) >= 11 is 5.55. The van der Waals surface area contributed by atoms with Crippen LogP contribution in [0, 0.1) is 5.82 Å². The van der Waals surface area contributed by atoms with Crippen molar-refractivity contribution in [1.29, 1.82) is 0 Å². The normalized spacial score (nSPS) is 12.6. The first kappa shape index (κ1) is 11.1. The Morgan fingerprint density at radius 2 is 2.21 bits per heavy atom. The fourth-order valence-electron chi connectivity index (χ4n) is 1.02. The second kappa shape index (κ2) is 4.53. The molecule has 0 bridgehead atoms. The van der Waals surface area contributed by atoms with Crippen molar-refractivity contribution in [2.24, 2.45) is 0 Å². The fraction of sp³-hybridized carbons (Fsp3) is 0.300. The van der Waals surface area contributed by atoms with Crippen LogP contribution in [0.25, 0.3) is 0 Å². The Morgan fingerprint density at radius 1 is 1.57 bits per heavy atom. The van der Waals surface area contributed by atoms with Gasteiger partial charge in [0.25, 0.3) is 0 Å². The lowest BCUT2D eigenvalue weighted by Crippen LogP contribution is -2.20. The van der Waals surface area contributed by atoms with E-state index in [1.54, 1.807) is 6.92 Å². The summed E-state index contributed by atoms with van der Waals surface area (Å²) in [5, 5.41) is 0.268. The third-order valence-electron chi connectivity index (χ3n) is 1.92. The summed E-state index contributed by atoms with van der Waals surface area (Å²) < 4.78 is 18.0. The summed E-state index contributed by atoms with van der Waals surface area (Å²) in [4.78, 5) is 11.5. The number of halogens is 2. The van der Waals surface area contributed by atoms with E-state index in [1.165, 1.54) is 19.2 Å². The molecule has 0 amide bonds. The number of carbonyl (C=O) groups excluding carboxylic acids is 1. The third kappa shape index (κ3) is 2.30. The molecule has 0 aromatic heterocycles. The van der Waals surface area contributed by atoms with Crippen molar-refractivity contribution in [3.63, 3.8) is 0 Å². The summed E-state index contributed by atoms with van der Waals surface area (Å²) in [6.45, 7) is 1.57. The van der Waals surface area contributed by atoms with Crippen LogP contribution < -0.4 is 0 Å². The molecule has 0 saturated carbocycles. The average Bonchev–Trinajstić information content (AvgIpc) is 2.15. The minimum atomic E-state index is -0.648. The maximum absolute atomic E-state index is 13.2. The van der Waals surface area contributed by atoms with E-state index in [0.29, 0.717) is 0 Å². The first-order valence-corrected chi connectivity index (χ1v) is 4.46. The summed E-state index contributed by atoms with van der Waals surface area (Å²) in [7, 11) is 1.40. The van der Waals surface area contributed by atoms with Crippen LogP contribution in [0.5, 0.6) is 0 Å². The van der Waals surface area contributed by atoms with Gasteiger partial charge in [-0.3, -0.25) is 4.79 Å². The highest BCUT2D eigenvalue weighted by molar-refractivity contribution is 6.30. The molecule has 2 nitrogen and oxygen atoms in total. The van der Waals surface area contributed by atoms with Crippen LogP contribution in [-0.4, -0.2) is 19.0 Å². The Morgan fingerprint density at radius 3 is 2.71 bits per heavy atom. The minimum Gasteiger partial charge on any atom is -0.374 e. The van der Waals surface area contributed by atoms with Crippen LogP contribution in [0.2, 0.25) is 5.02 Å². The topological polar surface area (TPSA) is 26.3 Å². The zero-order valence-corrected chi connectivity index (χ0v) is 8.64. The zero-order chi connectivity index (χ0) is 10.7. The van der Waals surface area contributed by atoms with Crippen LogP contribution in [0.3, 0.4) is 0 Å². The van der Waals surface area contributed by atoms with E-state index in [1.807, 2.05) is 0 Å². The van der Waals surface area contributed by atoms with Crippen molar-refractivity contribution in [3.8, 4) is 0 Å². The SMILES string of the molecule is COC(C)C(=O)c1ccc(Cl)cc1F. The number of Topliss-reactive ketones (excluding diaryl/α,β-unsaturated/α-hetero) is 1. The largest absolute Gasteiger partial charge is 0.374 e. The molecule has 1 aromatic carbocycles. The van der Waals surface area contributed by atoms with Gasteiger partial charge in [-0.15, -0.1) is 0 Å². The molecule has 1 rings (SSSR count). The molecule has 4 heteroatoms. The van der Waals surface area contributed by atoms with Crippen molar-refractivity contribution in [2.75, 3.05) is 7.11 Å². The second-order valence-electron chi connectivity index (χ2n) is 2.87. The van der Waals surface area contributed by atoms with E-state index in [2.05, 4.69) is 0 Å². The van der Waals surface area contributed by atoms with Gasteiger partial charge in [0.15, 0.2) is 5.78 Å². The number of hydrogen-bond acceptors (Lipinski definition) is 2. The van der Waals surface area contributed by atoms with Gasteiger partial charge in [-0.2, -0.15) is 0 Å². The Kier molecular flexibility index (Phi) is 3.61. The van der Waals surface area contributed by atoms with Crippen molar-refractivity contribution in [2.45, 2.75) is 13.0 Å². The van der Waals surface area contributed by atoms with Crippen LogP contribution in [0.15, 0.2) is 18.2 Å². The number of ketones is 1. The quantitative estimate of drug-likeness (QED) is 0.727. The van der Waals surface area contributed by atoms with E-state index >= 15 is 0 Å². The van der Waals surface area contributed by atoms with Crippen molar-refractivity contribution < 1.29 is 13.9 Å². The van der Waals surface area contributed by atoms with Crippen LogP contribution in [0.1, 0.15) is 17.3 Å². The molecule has 1 aromatic rings. The fourth-order valence-corrected chi connectivity index (χ4v) is 1.17. The van der Waals surface area contributed by atoms with Gasteiger partial charge in [-0.1, -0.05) is 11.6 Å². The molecule has 1 unspecified atom stereocenters. The maximum atomic E-state index is 13.2. The van der Waals surface area contributed by atoms with E-state index in [0.717, 1.165) is 6.07 Å². The average molecular weight is 217 g/mol. The second-order valence-corrected chi connectivity index (χ2v) is 3.30. The van der Waals surface area contributed by atoms with E-state index in [9.17, 15) is 9.18 Å². The third-order valence-corrected chi connectivity index (χ3v) is 2.15. The molecule has 0 spiro atoms. The smallest absolute Gasteiger partial charge is 0.194 e. The number of rotatable bonds is 3. The number of hydrogen-bond donors (Lipinski definition) is 0. The molecule has 0 saturated heterocycles. The summed E-state index contributed by atoms with van der Waals surface area (Å²) in [6, 6.07) is 3.94. The highest BCUT2D eigenvalue weighted by Gasteiger charge is 2.18. The standard InChI is InChI=1S/C10H10ClFO2/c1-6(14-2)10(13)8-4-3-7(11)5-9(8)12/h3-6H,1-2H3. The lowest BCUT2D eigenvalue weighted by molar-refractivity contribution is 0.0651. The summed E-state index contributed by atoms with van der Waals surface area (Å²) in [5.41, 5.74) is 0.00347. The highest BCUT2D eigenvalue weighted by atomic mass is 35.5. The first-order valence-electron chi connectivity index (χ1n) is 4.08. The summed E-state index contributed by atoms with van der Waals surface area (Å²) in [5.74, 6) is -1.01. The van der Waals surface area contributed by atoms with Gasteiger partial charge in [-0.05, 0) is 25.1 Å². The molecule has 14 heavy (non-hydrogen) atoms. The zero-order valence-electron chi connectivity index (χ0n) is 7.88. The highest BCUT2D eigenvalue weighted by Crippen LogP contribution is 2.16. The summed E-state index contributed by atoms with van der Waals surface area (Å²) in [6.07, 6.45) is -0.648. The Bertz CT molecular complexity index is 352. The van der Waals surface area contributed by atoms with Gasteiger partial charge < -0.3 is 4.74 Å². The van der Waals surface area contributed by atoms with Gasteiger partial charge in [0.1, 0.15) is 11.9 Å². The number of methoxy groups -OCH3 is 1. The Balaban J connectivity index is 3.02. The van der Waals surface area contributed by atoms with E-state index in [4.69, 9.17) is 16.3 Å². The van der Waals surface area contributed by atoms with Crippen molar-refractivity contribution in [1.82, 2.24) is 0 Å². The van der Waals surface area contributed by atoms with Gasteiger partial charge in [0, 0.05) is 12.1 Å². The van der Waals surface area contributed by atoms with Crippen LogP contribution in [0.4, 0.5) is 4.39 Å². The van der Waals surface area contributed by atoms with E-state index in [-0.39, 0.29) is 16.4 Å². The molecular formula is C10H10ClFO2. The van der Waals surface area contributed by atoms with Gasteiger partial charge >= 0.3 is 0 Å². The molecule has 0 aliphatic rings. The molecule has 0 heterocycles. The molecule has 0 radical (unpaired) electrons. The predicted octanol–water partition coefficient (Wildman–Crippen LogP) is 2.70. The molecular weight excluding hydrogens is 207 g/mol. The predicted molar refractivity (Wildman–Crippen MR) is 52.2 cm³/mol. The molecule has 0 aliphatic carbocycles. The van der Waals surface area contributed by atoms with Gasteiger partial charge in [0.05, 0.1) is 5.56 Å². The number of carbonyl (C=O) groups is 1. The maximum Gasteiger partial charge on any atom is 0.194 e. The first-order chi connectivity index (χ1) is 6.56. The molecule has 0 N–H and O–H groups in total. The van der Waals surface area contributed by atoms with Crippen LogP contribution >= 0.6 is 11.6 Å². The van der Waals surface area contributed by atoms with Crippen LogP contribution in [-0.2, 0) is 4.74 Å². The van der Waals surface area contributed by atoms with Gasteiger partial charge in [-0.25, -0.2) is 4.39 Å². The Hall–Kier alpha value is -0.930. The van der Waals surface area contributed by atoms with E-state index < -0.39 is 11.9 Å². The molecule has 76 valence electrons. The molecule has 1 atom stereocenters. The number of benzene rings is 1. The minimum absolute atomic E-state index is 0.00347. The lowest BCUT2D eigenvalue weighted by atomic mass is 10.1. The molecule has 0 aliphatic heterocycles. The molecule has 0 fully saturated rings.